The smallest absolute Gasteiger partial charge is 0.235 e. The molecule has 0 aromatic heterocycles. The van der Waals surface area contributed by atoms with Gasteiger partial charge in [0.1, 0.15) is 0 Å². The lowest BCUT2D eigenvalue weighted by atomic mass is 10.2. The molecule has 3 atom stereocenters. The fourth-order valence-electron chi connectivity index (χ4n) is 1.71. The summed E-state index contributed by atoms with van der Waals surface area (Å²) in [5.41, 5.74) is 0. The first kappa shape index (κ1) is 11.9. The third-order valence-corrected chi connectivity index (χ3v) is 2.64. The number of thiol groups is 1. The highest BCUT2D eigenvalue weighted by Crippen LogP contribution is 2.13. The summed E-state index contributed by atoms with van der Waals surface area (Å²) in [6.07, 6.45) is 1.29. The monoisotopic (exact) mass is 217 g/mol. The van der Waals surface area contributed by atoms with Crippen molar-refractivity contribution in [1.29, 1.82) is 0 Å². The maximum atomic E-state index is 11.7. The number of amides is 1. The number of hydrogen-bond donors (Lipinski definition) is 1. The molecule has 3 unspecified atom stereocenters. The molecule has 1 fully saturated rings. The Labute approximate surface area is 91.2 Å². The molecule has 0 saturated carbocycles. The Morgan fingerprint density at radius 3 is 2.71 bits per heavy atom. The van der Waals surface area contributed by atoms with E-state index in [-0.39, 0.29) is 23.4 Å². The van der Waals surface area contributed by atoms with Crippen LogP contribution in [0.15, 0.2) is 0 Å². The second kappa shape index (κ2) is 5.03. The van der Waals surface area contributed by atoms with Gasteiger partial charge in [0.15, 0.2) is 0 Å². The molecule has 0 aliphatic carbocycles. The van der Waals surface area contributed by atoms with Crippen LogP contribution in [0.2, 0.25) is 0 Å². The van der Waals surface area contributed by atoms with Crippen LogP contribution in [0.3, 0.4) is 0 Å². The highest BCUT2D eigenvalue weighted by atomic mass is 32.1. The lowest BCUT2D eigenvalue weighted by Crippen LogP contribution is -2.39. The molecule has 0 N–H and O–H groups in total. The summed E-state index contributed by atoms with van der Waals surface area (Å²) in [5, 5.41) is -0.212. The summed E-state index contributed by atoms with van der Waals surface area (Å²) in [7, 11) is 0. The largest absolute Gasteiger partial charge is 0.374 e. The van der Waals surface area contributed by atoms with Crippen molar-refractivity contribution < 1.29 is 9.53 Å². The molecular formula is C10H19NO2S. The maximum absolute atomic E-state index is 11.7. The molecule has 14 heavy (non-hydrogen) atoms. The van der Waals surface area contributed by atoms with E-state index in [1.165, 1.54) is 0 Å². The number of ether oxygens (including phenoxy) is 1. The van der Waals surface area contributed by atoms with Gasteiger partial charge in [0.2, 0.25) is 5.91 Å². The zero-order valence-electron chi connectivity index (χ0n) is 9.06. The van der Waals surface area contributed by atoms with E-state index in [1.807, 2.05) is 18.7 Å². The normalized spacial score (nSPS) is 31.0. The molecule has 0 radical (unpaired) electrons. The van der Waals surface area contributed by atoms with Gasteiger partial charge in [-0.2, -0.15) is 12.6 Å². The summed E-state index contributed by atoms with van der Waals surface area (Å²) in [5.74, 6) is 0.109. The minimum atomic E-state index is -0.212. The first-order chi connectivity index (χ1) is 6.50. The van der Waals surface area contributed by atoms with E-state index in [1.54, 1.807) is 0 Å². The van der Waals surface area contributed by atoms with Crippen LogP contribution in [0.5, 0.6) is 0 Å². The van der Waals surface area contributed by atoms with Crippen LogP contribution >= 0.6 is 12.6 Å². The minimum absolute atomic E-state index is 0.109. The van der Waals surface area contributed by atoms with Crippen LogP contribution < -0.4 is 0 Å². The Morgan fingerprint density at radius 2 is 2.14 bits per heavy atom. The van der Waals surface area contributed by atoms with Gasteiger partial charge in [-0.25, -0.2) is 0 Å². The molecule has 4 heteroatoms. The van der Waals surface area contributed by atoms with Crippen LogP contribution in [0.25, 0.3) is 0 Å². The van der Waals surface area contributed by atoms with Gasteiger partial charge in [0, 0.05) is 13.1 Å². The third-order valence-electron chi connectivity index (χ3n) is 2.42. The van der Waals surface area contributed by atoms with Crippen molar-refractivity contribution in [2.24, 2.45) is 0 Å². The predicted octanol–water partition coefficient (Wildman–Crippen LogP) is 1.33. The first-order valence-electron chi connectivity index (χ1n) is 5.13. The van der Waals surface area contributed by atoms with Crippen LogP contribution in [0.4, 0.5) is 0 Å². The molecule has 0 bridgehead atoms. The molecule has 0 aromatic carbocycles. The molecule has 1 rings (SSSR count). The SMILES string of the molecule is CC1CCN(C(=O)C(C)S)CC(C)O1. The summed E-state index contributed by atoms with van der Waals surface area (Å²) in [6.45, 7) is 7.34. The summed E-state index contributed by atoms with van der Waals surface area (Å²) < 4.78 is 5.65. The molecule has 0 aromatic rings. The van der Waals surface area contributed by atoms with Crippen molar-refractivity contribution in [2.75, 3.05) is 13.1 Å². The fourth-order valence-corrected chi connectivity index (χ4v) is 1.87. The van der Waals surface area contributed by atoms with Gasteiger partial charge in [0.25, 0.3) is 0 Å². The Hall–Kier alpha value is -0.220. The third kappa shape index (κ3) is 3.17. The van der Waals surface area contributed by atoms with Crippen molar-refractivity contribution in [3.8, 4) is 0 Å². The van der Waals surface area contributed by atoms with E-state index in [0.717, 1.165) is 13.0 Å². The Kier molecular flexibility index (Phi) is 4.26. The Bertz CT molecular complexity index is 208. The van der Waals surface area contributed by atoms with Crippen molar-refractivity contribution >= 4 is 18.5 Å². The van der Waals surface area contributed by atoms with E-state index in [2.05, 4.69) is 19.6 Å². The molecule has 0 spiro atoms. The highest BCUT2D eigenvalue weighted by Gasteiger charge is 2.24. The lowest BCUT2D eigenvalue weighted by molar-refractivity contribution is -0.131. The second-order valence-electron chi connectivity index (χ2n) is 4.01. The fraction of sp³-hybridized carbons (Fsp3) is 0.900. The Morgan fingerprint density at radius 1 is 1.50 bits per heavy atom. The van der Waals surface area contributed by atoms with Crippen molar-refractivity contribution in [3.63, 3.8) is 0 Å². The van der Waals surface area contributed by atoms with Gasteiger partial charge in [-0.3, -0.25) is 4.79 Å². The topological polar surface area (TPSA) is 29.5 Å². The molecule has 1 amide bonds. The van der Waals surface area contributed by atoms with Gasteiger partial charge in [-0.1, -0.05) is 0 Å². The van der Waals surface area contributed by atoms with Crippen LogP contribution in [0.1, 0.15) is 27.2 Å². The van der Waals surface area contributed by atoms with Crippen LogP contribution in [-0.2, 0) is 9.53 Å². The molecular weight excluding hydrogens is 198 g/mol. The molecule has 82 valence electrons. The number of hydrogen-bond acceptors (Lipinski definition) is 3. The van der Waals surface area contributed by atoms with Crippen molar-refractivity contribution in [3.05, 3.63) is 0 Å². The number of nitrogens with zero attached hydrogens (tertiary/aromatic N) is 1. The predicted molar refractivity (Wildman–Crippen MR) is 59.7 cm³/mol. The van der Waals surface area contributed by atoms with E-state index in [9.17, 15) is 4.79 Å². The standard InChI is InChI=1S/C10H19NO2S/c1-7-4-5-11(6-8(2)13-7)10(12)9(3)14/h7-9,14H,4-6H2,1-3H3. The van der Waals surface area contributed by atoms with E-state index < -0.39 is 0 Å². The molecule has 1 saturated heterocycles. The minimum Gasteiger partial charge on any atom is -0.374 e. The van der Waals surface area contributed by atoms with Crippen molar-refractivity contribution in [2.45, 2.75) is 44.6 Å². The van der Waals surface area contributed by atoms with E-state index >= 15 is 0 Å². The summed E-state index contributed by atoms with van der Waals surface area (Å²) in [6, 6.07) is 0. The first-order valence-corrected chi connectivity index (χ1v) is 5.64. The van der Waals surface area contributed by atoms with E-state index in [4.69, 9.17) is 4.74 Å². The zero-order valence-corrected chi connectivity index (χ0v) is 9.96. The van der Waals surface area contributed by atoms with Crippen molar-refractivity contribution in [1.82, 2.24) is 4.90 Å². The molecule has 3 nitrogen and oxygen atoms in total. The van der Waals surface area contributed by atoms with Crippen LogP contribution in [0, 0.1) is 0 Å². The number of rotatable bonds is 1. The second-order valence-corrected chi connectivity index (χ2v) is 4.78. The number of carbonyl (C=O) groups is 1. The maximum Gasteiger partial charge on any atom is 0.235 e. The molecule has 1 heterocycles. The lowest BCUT2D eigenvalue weighted by Gasteiger charge is -2.23. The van der Waals surface area contributed by atoms with E-state index in [0.29, 0.717) is 6.54 Å². The summed E-state index contributed by atoms with van der Waals surface area (Å²) in [4.78, 5) is 13.5. The highest BCUT2D eigenvalue weighted by molar-refractivity contribution is 7.81. The molecule has 1 aliphatic heterocycles. The molecule has 1 aliphatic rings. The van der Waals surface area contributed by atoms with Gasteiger partial charge >= 0.3 is 0 Å². The van der Waals surface area contributed by atoms with Crippen LogP contribution in [-0.4, -0.2) is 41.4 Å². The average Bonchev–Trinajstić information content (AvgIpc) is 2.25. The van der Waals surface area contributed by atoms with Gasteiger partial charge < -0.3 is 9.64 Å². The zero-order chi connectivity index (χ0) is 10.7. The summed E-state index contributed by atoms with van der Waals surface area (Å²) >= 11 is 4.16. The van der Waals surface area contributed by atoms with Gasteiger partial charge in [0.05, 0.1) is 17.5 Å². The average molecular weight is 217 g/mol. The Balaban J connectivity index is 2.57. The quantitative estimate of drug-likeness (QED) is 0.672. The van der Waals surface area contributed by atoms with Gasteiger partial charge in [-0.15, -0.1) is 0 Å². The number of carbonyl (C=O) groups excluding carboxylic acids is 1. The van der Waals surface area contributed by atoms with Gasteiger partial charge in [-0.05, 0) is 27.2 Å².